The van der Waals surface area contributed by atoms with Crippen molar-refractivity contribution in [1.82, 2.24) is 19.7 Å². The van der Waals surface area contributed by atoms with Crippen molar-refractivity contribution in [2.45, 2.75) is 12.2 Å². The van der Waals surface area contributed by atoms with E-state index in [-0.39, 0.29) is 18.0 Å². The SMILES string of the molecule is Fc1ccccc1-n1ncc2c(N3CC4C5C=CC(O5)C4C3)ncnc21. The molecule has 26 heavy (non-hydrogen) atoms. The number of nitrogens with zero attached hydrogens (tertiary/aromatic N) is 5. The van der Waals surface area contributed by atoms with Crippen LogP contribution in [0.4, 0.5) is 10.2 Å². The zero-order valence-corrected chi connectivity index (χ0v) is 13.9. The number of halogens is 1. The van der Waals surface area contributed by atoms with Crippen LogP contribution >= 0.6 is 0 Å². The van der Waals surface area contributed by atoms with Gasteiger partial charge in [-0.3, -0.25) is 0 Å². The minimum absolute atomic E-state index is 0.230. The Morgan fingerprint density at radius 1 is 1.04 bits per heavy atom. The molecule has 6 nitrogen and oxygen atoms in total. The van der Waals surface area contributed by atoms with Crippen LogP contribution in [-0.2, 0) is 4.74 Å². The van der Waals surface area contributed by atoms with Crippen LogP contribution in [0.15, 0.2) is 48.9 Å². The third-order valence-corrected chi connectivity index (χ3v) is 5.79. The quantitative estimate of drug-likeness (QED) is 0.665. The number of para-hydroxylation sites is 1. The summed E-state index contributed by atoms with van der Waals surface area (Å²) in [6, 6.07) is 6.58. The zero-order valence-electron chi connectivity index (χ0n) is 13.9. The largest absolute Gasteiger partial charge is 0.366 e. The number of anilines is 1. The highest BCUT2D eigenvalue weighted by Crippen LogP contribution is 2.45. The minimum Gasteiger partial charge on any atom is -0.366 e. The van der Waals surface area contributed by atoms with Crippen molar-refractivity contribution in [3.63, 3.8) is 0 Å². The number of rotatable bonds is 2. The summed E-state index contributed by atoms with van der Waals surface area (Å²) in [6.07, 6.45) is 8.09. The van der Waals surface area contributed by atoms with Crippen molar-refractivity contribution >= 4 is 16.9 Å². The van der Waals surface area contributed by atoms with Crippen molar-refractivity contribution in [1.29, 1.82) is 0 Å². The Hall–Kier alpha value is -2.80. The monoisotopic (exact) mass is 349 g/mol. The Morgan fingerprint density at radius 3 is 2.58 bits per heavy atom. The van der Waals surface area contributed by atoms with Crippen LogP contribution in [-0.4, -0.2) is 45.0 Å². The maximum Gasteiger partial charge on any atom is 0.168 e. The van der Waals surface area contributed by atoms with Crippen LogP contribution in [0.3, 0.4) is 0 Å². The van der Waals surface area contributed by atoms with Crippen LogP contribution in [0.25, 0.3) is 16.7 Å². The highest BCUT2D eigenvalue weighted by Gasteiger charge is 2.51. The number of aromatic nitrogens is 4. The van der Waals surface area contributed by atoms with Gasteiger partial charge in [0.2, 0.25) is 0 Å². The van der Waals surface area contributed by atoms with Gasteiger partial charge in [-0.1, -0.05) is 24.3 Å². The van der Waals surface area contributed by atoms with Gasteiger partial charge in [0.25, 0.3) is 0 Å². The van der Waals surface area contributed by atoms with Crippen LogP contribution in [0.5, 0.6) is 0 Å². The second kappa shape index (κ2) is 5.11. The van der Waals surface area contributed by atoms with E-state index in [1.54, 1.807) is 29.1 Å². The summed E-state index contributed by atoms with van der Waals surface area (Å²) in [4.78, 5) is 11.2. The molecule has 0 aliphatic carbocycles. The van der Waals surface area contributed by atoms with Crippen molar-refractivity contribution in [3.05, 3.63) is 54.8 Å². The van der Waals surface area contributed by atoms with Gasteiger partial charge in [0.15, 0.2) is 5.65 Å². The molecule has 2 fully saturated rings. The molecule has 0 saturated carbocycles. The minimum atomic E-state index is -0.326. The normalized spacial score (nSPS) is 29.0. The topological polar surface area (TPSA) is 56.1 Å². The highest BCUT2D eigenvalue weighted by atomic mass is 19.1. The van der Waals surface area contributed by atoms with E-state index in [1.807, 2.05) is 0 Å². The summed E-state index contributed by atoms with van der Waals surface area (Å²) in [6.45, 7) is 1.82. The van der Waals surface area contributed by atoms with E-state index in [9.17, 15) is 4.39 Å². The van der Waals surface area contributed by atoms with E-state index < -0.39 is 0 Å². The average molecular weight is 349 g/mol. The fourth-order valence-corrected chi connectivity index (χ4v) is 4.58. The zero-order chi connectivity index (χ0) is 17.3. The average Bonchev–Trinajstić information content (AvgIpc) is 3.42. The predicted molar refractivity (Wildman–Crippen MR) is 93.6 cm³/mol. The van der Waals surface area contributed by atoms with E-state index in [0.717, 1.165) is 24.3 Å². The Bertz CT molecular complexity index is 1030. The van der Waals surface area contributed by atoms with E-state index in [2.05, 4.69) is 32.1 Å². The van der Waals surface area contributed by atoms with Gasteiger partial charge < -0.3 is 9.64 Å². The molecule has 0 spiro atoms. The molecule has 3 aromatic rings. The number of benzene rings is 1. The van der Waals surface area contributed by atoms with Gasteiger partial charge in [0.1, 0.15) is 23.6 Å². The van der Waals surface area contributed by atoms with Gasteiger partial charge in [0, 0.05) is 24.9 Å². The summed E-state index contributed by atoms with van der Waals surface area (Å²) in [7, 11) is 0. The maximum absolute atomic E-state index is 14.2. The number of hydrogen-bond donors (Lipinski definition) is 0. The molecule has 2 bridgehead atoms. The summed E-state index contributed by atoms with van der Waals surface area (Å²) in [5.74, 6) is 1.56. The molecule has 5 heterocycles. The molecule has 4 atom stereocenters. The molecule has 0 radical (unpaired) electrons. The van der Waals surface area contributed by atoms with Crippen molar-refractivity contribution in [3.8, 4) is 5.69 Å². The first kappa shape index (κ1) is 14.4. The Balaban J connectivity index is 1.42. The number of fused-ring (bicyclic) bond motifs is 6. The van der Waals surface area contributed by atoms with Crippen LogP contribution in [0.1, 0.15) is 0 Å². The molecule has 130 valence electrons. The molecular formula is C19H16FN5O. The van der Waals surface area contributed by atoms with Crippen molar-refractivity contribution in [2.75, 3.05) is 18.0 Å². The summed E-state index contributed by atoms with van der Waals surface area (Å²) >= 11 is 0. The molecule has 7 heteroatoms. The summed E-state index contributed by atoms with van der Waals surface area (Å²) in [5, 5.41) is 5.23. The van der Waals surface area contributed by atoms with Crippen LogP contribution in [0, 0.1) is 17.7 Å². The number of hydrogen-bond acceptors (Lipinski definition) is 5. The van der Waals surface area contributed by atoms with E-state index in [4.69, 9.17) is 4.74 Å². The summed E-state index contributed by atoms with van der Waals surface area (Å²) in [5.41, 5.74) is 1.01. The first-order chi connectivity index (χ1) is 12.8. The molecule has 2 aromatic heterocycles. The van der Waals surface area contributed by atoms with Gasteiger partial charge in [0.05, 0.1) is 23.8 Å². The second-order valence-electron chi connectivity index (χ2n) is 7.13. The van der Waals surface area contributed by atoms with E-state index >= 15 is 0 Å². The van der Waals surface area contributed by atoms with Gasteiger partial charge >= 0.3 is 0 Å². The smallest absolute Gasteiger partial charge is 0.168 e. The van der Waals surface area contributed by atoms with E-state index in [0.29, 0.717) is 23.2 Å². The fourth-order valence-electron chi connectivity index (χ4n) is 4.58. The highest BCUT2D eigenvalue weighted by molar-refractivity contribution is 5.87. The molecule has 4 unspecified atom stereocenters. The van der Waals surface area contributed by atoms with Gasteiger partial charge in [-0.05, 0) is 12.1 Å². The molecule has 0 amide bonds. The van der Waals surface area contributed by atoms with Gasteiger partial charge in [-0.15, -0.1) is 0 Å². The maximum atomic E-state index is 14.2. The van der Waals surface area contributed by atoms with Crippen molar-refractivity contribution in [2.24, 2.45) is 11.8 Å². The molecular weight excluding hydrogens is 333 g/mol. The lowest BCUT2D eigenvalue weighted by atomic mass is 9.86. The lowest BCUT2D eigenvalue weighted by molar-refractivity contribution is 0.100. The van der Waals surface area contributed by atoms with Crippen LogP contribution in [0.2, 0.25) is 0 Å². The molecule has 3 aliphatic heterocycles. The van der Waals surface area contributed by atoms with Crippen LogP contribution < -0.4 is 4.90 Å². The Labute approximate surface area is 148 Å². The first-order valence-electron chi connectivity index (χ1n) is 8.82. The third kappa shape index (κ3) is 1.86. The fraction of sp³-hybridized carbons (Fsp3) is 0.316. The Kier molecular flexibility index (Phi) is 2.82. The first-order valence-corrected chi connectivity index (χ1v) is 8.82. The molecule has 6 rings (SSSR count). The molecule has 3 aliphatic rings. The van der Waals surface area contributed by atoms with Crippen molar-refractivity contribution < 1.29 is 9.13 Å². The Morgan fingerprint density at radius 2 is 1.81 bits per heavy atom. The van der Waals surface area contributed by atoms with Gasteiger partial charge in [-0.25, -0.2) is 19.0 Å². The second-order valence-corrected chi connectivity index (χ2v) is 7.13. The number of ether oxygens (including phenoxy) is 1. The van der Waals surface area contributed by atoms with E-state index in [1.165, 1.54) is 12.4 Å². The van der Waals surface area contributed by atoms with Gasteiger partial charge in [-0.2, -0.15) is 5.10 Å². The standard InChI is InChI=1S/C19H16FN5O/c20-14-3-1-2-4-15(14)25-19-11(7-23-25)18(21-10-22-19)24-8-12-13(9-24)17-6-5-16(12)26-17/h1-7,10,12-13,16-17H,8-9H2. The lowest BCUT2D eigenvalue weighted by Crippen LogP contribution is -2.25. The molecule has 1 aromatic carbocycles. The molecule has 2 saturated heterocycles. The third-order valence-electron chi connectivity index (χ3n) is 5.79. The predicted octanol–water partition coefficient (Wildman–Crippen LogP) is 2.34. The summed E-state index contributed by atoms with van der Waals surface area (Å²) < 4.78 is 21.7. The molecule has 0 N–H and O–H groups in total. The lowest BCUT2D eigenvalue weighted by Gasteiger charge is -2.20.